The summed E-state index contributed by atoms with van der Waals surface area (Å²) in [5.41, 5.74) is 8.01. The Morgan fingerprint density at radius 1 is 0.735 bits per heavy atom. The molecule has 178 valence electrons. The normalized spacial score (nSPS) is 12.8. The van der Waals surface area contributed by atoms with Crippen LogP contribution in [0.2, 0.25) is 0 Å². The Labute approximate surface area is 213 Å². The summed E-state index contributed by atoms with van der Waals surface area (Å²) in [7, 11) is 0. The van der Waals surface area contributed by atoms with Crippen LogP contribution in [0, 0.1) is 0 Å². The van der Waals surface area contributed by atoms with Crippen LogP contribution in [0.3, 0.4) is 0 Å². The van der Waals surface area contributed by atoms with E-state index in [1.807, 2.05) is 11.3 Å². The lowest BCUT2D eigenvalue weighted by molar-refractivity contribution is 0.750. The number of hydrogen-bond donors (Lipinski definition) is 0. The maximum atomic E-state index is 4.85. The molecule has 0 aliphatic rings. The van der Waals surface area contributed by atoms with Crippen LogP contribution < -0.4 is 0 Å². The zero-order chi connectivity index (χ0) is 24.4. The fraction of sp³-hybridized carbons (Fsp3) is 0.400. The second kappa shape index (κ2) is 10.5. The molecule has 1 atom stereocenters. The largest absolute Gasteiger partial charge is 0.249 e. The van der Waals surface area contributed by atoms with E-state index in [4.69, 9.17) is 9.36 Å². The van der Waals surface area contributed by atoms with Gasteiger partial charge in [0.25, 0.3) is 0 Å². The molecule has 0 bridgehead atoms. The lowest BCUT2D eigenvalue weighted by atomic mass is 9.91. The van der Waals surface area contributed by atoms with Gasteiger partial charge in [0.1, 0.15) is 0 Å². The predicted molar refractivity (Wildman–Crippen MR) is 149 cm³/mol. The summed E-state index contributed by atoms with van der Waals surface area (Å²) in [6.45, 7) is 15.8. The lowest BCUT2D eigenvalue weighted by Gasteiger charge is -2.15. The molecule has 2 aromatic heterocycles. The summed E-state index contributed by atoms with van der Waals surface area (Å²) >= 11 is 3.47. The maximum Gasteiger partial charge on any atom is 0.0962 e. The van der Waals surface area contributed by atoms with Crippen molar-refractivity contribution in [3.05, 3.63) is 82.1 Å². The van der Waals surface area contributed by atoms with E-state index in [0.29, 0.717) is 23.7 Å². The molecule has 0 radical (unpaired) electrons. The van der Waals surface area contributed by atoms with Gasteiger partial charge >= 0.3 is 0 Å². The van der Waals surface area contributed by atoms with Crippen LogP contribution in [-0.4, -0.2) is 9.36 Å². The van der Waals surface area contributed by atoms with E-state index in [1.165, 1.54) is 48.3 Å². The van der Waals surface area contributed by atoms with E-state index in [1.54, 1.807) is 11.5 Å². The van der Waals surface area contributed by atoms with Gasteiger partial charge in [-0.05, 0) is 75.7 Å². The van der Waals surface area contributed by atoms with Gasteiger partial charge in [0.15, 0.2) is 0 Å². The summed E-state index contributed by atoms with van der Waals surface area (Å²) in [4.78, 5) is 7.40. The van der Waals surface area contributed by atoms with Gasteiger partial charge in [-0.3, -0.25) is 0 Å². The van der Waals surface area contributed by atoms with Gasteiger partial charge in [0.05, 0.1) is 20.5 Å². The van der Waals surface area contributed by atoms with E-state index in [-0.39, 0.29) is 0 Å². The molecule has 0 N–H and O–H groups in total. The van der Waals surface area contributed by atoms with Crippen molar-refractivity contribution in [2.24, 2.45) is 0 Å². The highest BCUT2D eigenvalue weighted by atomic mass is 32.1. The van der Waals surface area contributed by atoms with Gasteiger partial charge in [-0.2, -0.15) is 4.37 Å². The molecule has 4 aromatic rings. The number of hydrogen-bond acceptors (Lipinski definition) is 4. The summed E-state index contributed by atoms with van der Waals surface area (Å²) in [5, 5.41) is 1.21. The van der Waals surface area contributed by atoms with Crippen molar-refractivity contribution in [2.75, 3.05) is 0 Å². The van der Waals surface area contributed by atoms with E-state index >= 15 is 0 Å². The topological polar surface area (TPSA) is 25.8 Å². The lowest BCUT2D eigenvalue weighted by Crippen LogP contribution is -2.00. The number of thiazole rings is 1. The third-order valence-electron chi connectivity index (χ3n) is 6.46. The molecule has 0 amide bonds. The Kier molecular flexibility index (Phi) is 7.69. The molecule has 0 fully saturated rings. The molecular weight excluding hydrogens is 452 g/mol. The molecule has 2 nitrogen and oxygen atoms in total. The van der Waals surface area contributed by atoms with Gasteiger partial charge in [-0.25, -0.2) is 4.98 Å². The van der Waals surface area contributed by atoms with Crippen LogP contribution in [0.1, 0.15) is 99.5 Å². The Balaban J connectivity index is 1.60. The third-order valence-corrected chi connectivity index (χ3v) is 8.56. The van der Waals surface area contributed by atoms with Gasteiger partial charge in [-0.15, -0.1) is 11.3 Å². The highest BCUT2D eigenvalue weighted by molar-refractivity contribution is 7.15. The van der Waals surface area contributed by atoms with Gasteiger partial charge in [0.2, 0.25) is 0 Å². The van der Waals surface area contributed by atoms with Crippen LogP contribution in [0.25, 0.3) is 20.9 Å². The SMILES string of the molecule is CC(C)c1cc(-c2cc(CC(C)c3ncc(-c4ccccc4C(C)C)s3)ccc2C(C)C)sn1. The second-order valence-corrected chi connectivity index (χ2v) is 12.1. The Hall–Kier alpha value is -2.30. The first kappa shape index (κ1) is 24.8. The fourth-order valence-electron chi connectivity index (χ4n) is 4.44. The van der Waals surface area contributed by atoms with Crippen molar-refractivity contribution in [3.63, 3.8) is 0 Å². The monoisotopic (exact) mass is 488 g/mol. The molecule has 34 heavy (non-hydrogen) atoms. The average Bonchev–Trinajstić information content (AvgIpc) is 3.49. The van der Waals surface area contributed by atoms with E-state index in [0.717, 1.165) is 6.42 Å². The summed E-state index contributed by atoms with van der Waals surface area (Å²) in [6, 6.07) is 18.0. The Morgan fingerprint density at radius 2 is 1.44 bits per heavy atom. The molecule has 0 aliphatic carbocycles. The zero-order valence-corrected chi connectivity index (χ0v) is 23.1. The summed E-state index contributed by atoms with van der Waals surface area (Å²) < 4.78 is 4.71. The molecule has 4 heteroatoms. The molecule has 0 saturated heterocycles. The number of rotatable bonds is 8. The minimum absolute atomic E-state index is 0.371. The summed E-state index contributed by atoms with van der Waals surface area (Å²) in [5.74, 6) is 1.81. The Morgan fingerprint density at radius 3 is 2.12 bits per heavy atom. The first-order valence-electron chi connectivity index (χ1n) is 12.4. The first-order chi connectivity index (χ1) is 16.2. The predicted octanol–water partition coefficient (Wildman–Crippen LogP) is 9.65. The van der Waals surface area contributed by atoms with E-state index in [2.05, 4.69) is 103 Å². The van der Waals surface area contributed by atoms with E-state index in [9.17, 15) is 0 Å². The minimum Gasteiger partial charge on any atom is -0.249 e. The molecule has 1 unspecified atom stereocenters. The minimum atomic E-state index is 0.371. The summed E-state index contributed by atoms with van der Waals surface area (Å²) in [6.07, 6.45) is 3.05. The number of benzene rings is 2. The highest BCUT2D eigenvalue weighted by Crippen LogP contribution is 2.38. The van der Waals surface area contributed by atoms with Crippen molar-refractivity contribution in [1.29, 1.82) is 0 Å². The van der Waals surface area contributed by atoms with Crippen LogP contribution >= 0.6 is 22.9 Å². The molecule has 0 aliphatic heterocycles. The molecule has 2 heterocycles. The Bertz CT molecular complexity index is 1250. The van der Waals surface area contributed by atoms with Crippen LogP contribution in [0.15, 0.2) is 54.7 Å². The molecule has 2 aromatic carbocycles. The standard InChI is InChI=1S/C30H36N2S2/c1-18(2)23-10-8-9-11-25(23)29-17-31-30(33-29)21(7)14-22-12-13-24(19(3)4)26(15-22)28-16-27(20(5)6)32-34-28/h8-13,15-21H,14H2,1-7H3. The van der Waals surface area contributed by atoms with E-state index < -0.39 is 0 Å². The van der Waals surface area contributed by atoms with Crippen molar-refractivity contribution < 1.29 is 0 Å². The molecule has 4 rings (SSSR count). The quantitative estimate of drug-likeness (QED) is 0.247. The van der Waals surface area contributed by atoms with Crippen molar-refractivity contribution in [1.82, 2.24) is 9.36 Å². The van der Waals surface area contributed by atoms with Crippen molar-refractivity contribution in [2.45, 2.75) is 78.6 Å². The van der Waals surface area contributed by atoms with Crippen molar-refractivity contribution >= 4 is 22.9 Å². The molecule has 0 saturated carbocycles. The zero-order valence-electron chi connectivity index (χ0n) is 21.4. The van der Waals surface area contributed by atoms with Gasteiger partial charge in [0, 0.05) is 12.1 Å². The van der Waals surface area contributed by atoms with Crippen LogP contribution in [0.5, 0.6) is 0 Å². The third kappa shape index (κ3) is 5.34. The van der Waals surface area contributed by atoms with Gasteiger partial charge in [-0.1, -0.05) is 84.9 Å². The van der Waals surface area contributed by atoms with Crippen LogP contribution in [0.4, 0.5) is 0 Å². The van der Waals surface area contributed by atoms with Crippen molar-refractivity contribution in [3.8, 4) is 20.9 Å². The number of nitrogens with zero attached hydrogens (tertiary/aromatic N) is 2. The maximum absolute atomic E-state index is 4.85. The molecular formula is C30H36N2S2. The van der Waals surface area contributed by atoms with Crippen LogP contribution in [-0.2, 0) is 6.42 Å². The second-order valence-electron chi connectivity index (χ2n) is 10.3. The fourth-order valence-corrected chi connectivity index (χ4v) is 6.37. The highest BCUT2D eigenvalue weighted by Gasteiger charge is 2.18. The smallest absolute Gasteiger partial charge is 0.0962 e. The molecule has 0 spiro atoms. The van der Waals surface area contributed by atoms with Gasteiger partial charge < -0.3 is 0 Å². The average molecular weight is 489 g/mol. The first-order valence-corrected chi connectivity index (χ1v) is 14.0. The number of aromatic nitrogens is 2.